The highest BCUT2D eigenvalue weighted by molar-refractivity contribution is 6.28. The predicted octanol–water partition coefficient (Wildman–Crippen LogP) is 1.69. The predicted molar refractivity (Wildman–Crippen MR) is 61.0 cm³/mol. The van der Waals surface area contributed by atoms with Crippen molar-refractivity contribution in [2.45, 2.75) is 24.8 Å². The molecule has 8 heteroatoms. The number of amides is 1. The lowest BCUT2D eigenvalue weighted by Gasteiger charge is -2.24. The molecule has 96 valence electrons. The molecule has 1 fully saturated rings. The zero-order valence-corrected chi connectivity index (χ0v) is 9.92. The van der Waals surface area contributed by atoms with Crippen LogP contribution in [0.5, 0.6) is 0 Å². The van der Waals surface area contributed by atoms with E-state index in [0.717, 1.165) is 12.8 Å². The first-order chi connectivity index (χ1) is 8.47. The summed E-state index contributed by atoms with van der Waals surface area (Å²) in [5, 5.41) is 2.11. The van der Waals surface area contributed by atoms with Gasteiger partial charge in [-0.15, -0.1) is 0 Å². The van der Waals surface area contributed by atoms with Gasteiger partial charge in [0.05, 0.1) is 12.7 Å². The molecule has 1 aromatic rings. The Morgan fingerprint density at radius 2 is 2.22 bits per heavy atom. The molecule has 1 aliphatic heterocycles. The summed E-state index contributed by atoms with van der Waals surface area (Å²) in [4.78, 5) is 20.5. The van der Waals surface area contributed by atoms with Crippen LogP contribution in [0.25, 0.3) is 0 Å². The second-order valence-corrected chi connectivity index (χ2v) is 4.73. The number of fused-ring (bicyclic) bond motifs is 1. The Hall–Kier alpha value is -1.50. The van der Waals surface area contributed by atoms with Crippen LogP contribution in [0.15, 0.2) is 6.20 Å². The molecule has 2 aliphatic rings. The van der Waals surface area contributed by atoms with Gasteiger partial charge in [0.25, 0.3) is 5.91 Å². The molecule has 0 saturated heterocycles. The Balaban J connectivity index is 2.08. The van der Waals surface area contributed by atoms with Crippen LogP contribution in [0.2, 0.25) is 5.28 Å². The van der Waals surface area contributed by atoms with Gasteiger partial charge in [-0.2, -0.15) is 13.8 Å². The zero-order chi connectivity index (χ0) is 12.9. The summed E-state index contributed by atoms with van der Waals surface area (Å²) in [6, 6.07) is -0.00621. The topological polar surface area (TPSA) is 58.1 Å². The van der Waals surface area contributed by atoms with Crippen molar-refractivity contribution in [2.75, 3.05) is 16.8 Å². The maximum absolute atomic E-state index is 13.6. The van der Waals surface area contributed by atoms with Crippen molar-refractivity contribution in [3.8, 4) is 0 Å². The van der Waals surface area contributed by atoms with Crippen molar-refractivity contribution in [1.82, 2.24) is 9.97 Å². The molecular formula is C10H9ClF2N4O. The van der Waals surface area contributed by atoms with Crippen molar-refractivity contribution < 1.29 is 13.6 Å². The van der Waals surface area contributed by atoms with Crippen molar-refractivity contribution in [2.24, 2.45) is 0 Å². The van der Waals surface area contributed by atoms with Crippen molar-refractivity contribution in [3.63, 3.8) is 0 Å². The Bertz CT molecular complexity index is 521. The molecule has 2 heterocycles. The van der Waals surface area contributed by atoms with E-state index in [-0.39, 0.29) is 22.8 Å². The standard InChI is InChI=1S/C10H9ClF2N4O/c11-9-14-3-6-7(16-9)17(5-1-2-5)4-10(12,13)8(18)15-6/h3,5H,1-2,4H2,(H,15,18). The van der Waals surface area contributed by atoms with Gasteiger partial charge in [-0.1, -0.05) is 0 Å². The molecule has 1 N–H and O–H groups in total. The summed E-state index contributed by atoms with van der Waals surface area (Å²) >= 11 is 5.68. The molecule has 3 rings (SSSR count). The summed E-state index contributed by atoms with van der Waals surface area (Å²) in [7, 11) is 0. The van der Waals surface area contributed by atoms with Gasteiger partial charge < -0.3 is 10.2 Å². The van der Waals surface area contributed by atoms with E-state index < -0.39 is 18.4 Å². The van der Waals surface area contributed by atoms with Crippen LogP contribution < -0.4 is 10.2 Å². The van der Waals surface area contributed by atoms with Crippen LogP contribution in [0.4, 0.5) is 20.3 Å². The van der Waals surface area contributed by atoms with Gasteiger partial charge in [-0.05, 0) is 24.4 Å². The Morgan fingerprint density at radius 3 is 2.89 bits per heavy atom. The lowest BCUT2D eigenvalue weighted by Crippen LogP contribution is -2.43. The van der Waals surface area contributed by atoms with Crippen molar-refractivity contribution >= 4 is 29.0 Å². The van der Waals surface area contributed by atoms with Crippen LogP contribution in [0.3, 0.4) is 0 Å². The minimum atomic E-state index is -3.45. The van der Waals surface area contributed by atoms with Gasteiger partial charge in [0, 0.05) is 6.04 Å². The van der Waals surface area contributed by atoms with Crippen molar-refractivity contribution in [1.29, 1.82) is 0 Å². The van der Waals surface area contributed by atoms with Gasteiger partial charge in [0.1, 0.15) is 5.69 Å². The maximum atomic E-state index is 13.6. The molecule has 0 atom stereocenters. The third kappa shape index (κ3) is 1.88. The molecule has 1 saturated carbocycles. The monoisotopic (exact) mass is 274 g/mol. The largest absolute Gasteiger partial charge is 0.345 e. The lowest BCUT2D eigenvalue weighted by atomic mass is 10.3. The Labute approximate surface area is 106 Å². The van der Waals surface area contributed by atoms with E-state index >= 15 is 0 Å². The maximum Gasteiger partial charge on any atom is 0.341 e. The van der Waals surface area contributed by atoms with Crippen LogP contribution in [-0.4, -0.2) is 34.4 Å². The number of carbonyl (C=O) groups excluding carboxylic acids is 1. The molecule has 1 aromatic heterocycles. The van der Waals surface area contributed by atoms with Crippen LogP contribution in [0.1, 0.15) is 12.8 Å². The number of halogens is 3. The first-order valence-corrected chi connectivity index (χ1v) is 5.83. The average Bonchev–Trinajstić information content (AvgIpc) is 3.11. The third-order valence-corrected chi connectivity index (χ3v) is 3.13. The van der Waals surface area contributed by atoms with Crippen LogP contribution in [-0.2, 0) is 4.79 Å². The van der Waals surface area contributed by atoms with Crippen molar-refractivity contribution in [3.05, 3.63) is 11.5 Å². The second kappa shape index (κ2) is 3.74. The van der Waals surface area contributed by atoms with Gasteiger partial charge in [0.2, 0.25) is 5.28 Å². The van der Waals surface area contributed by atoms with E-state index in [1.165, 1.54) is 11.1 Å². The highest BCUT2D eigenvalue weighted by atomic mass is 35.5. The number of carbonyl (C=O) groups is 1. The number of nitrogens with one attached hydrogen (secondary N) is 1. The van der Waals surface area contributed by atoms with E-state index in [1.54, 1.807) is 0 Å². The summed E-state index contributed by atoms with van der Waals surface area (Å²) in [6.45, 7) is -0.677. The number of aromatic nitrogens is 2. The fourth-order valence-corrected chi connectivity index (χ4v) is 2.05. The molecule has 18 heavy (non-hydrogen) atoms. The second-order valence-electron chi connectivity index (χ2n) is 4.39. The highest BCUT2D eigenvalue weighted by Crippen LogP contribution is 2.39. The molecule has 0 unspecified atom stereocenters. The van der Waals surface area contributed by atoms with Gasteiger partial charge in [-0.3, -0.25) is 4.79 Å². The Kier molecular flexibility index (Phi) is 2.41. The first kappa shape index (κ1) is 11.6. The third-order valence-electron chi connectivity index (χ3n) is 2.95. The molecule has 1 amide bonds. The zero-order valence-electron chi connectivity index (χ0n) is 9.16. The summed E-state index contributed by atoms with van der Waals surface area (Å²) in [5.74, 6) is -4.52. The summed E-state index contributed by atoms with van der Waals surface area (Å²) < 4.78 is 27.3. The van der Waals surface area contributed by atoms with E-state index in [9.17, 15) is 13.6 Å². The molecule has 5 nitrogen and oxygen atoms in total. The highest BCUT2D eigenvalue weighted by Gasteiger charge is 2.47. The number of nitrogens with zero attached hydrogens (tertiary/aromatic N) is 3. The molecule has 0 bridgehead atoms. The molecule has 0 aromatic carbocycles. The summed E-state index contributed by atoms with van der Waals surface area (Å²) in [5.41, 5.74) is 0.175. The quantitative estimate of drug-likeness (QED) is 0.792. The number of hydrogen-bond donors (Lipinski definition) is 1. The molecular weight excluding hydrogens is 266 g/mol. The smallest absolute Gasteiger partial charge is 0.341 e. The van der Waals surface area contributed by atoms with Crippen LogP contribution in [0, 0.1) is 0 Å². The number of rotatable bonds is 1. The number of anilines is 2. The van der Waals surface area contributed by atoms with E-state index in [0.29, 0.717) is 0 Å². The lowest BCUT2D eigenvalue weighted by molar-refractivity contribution is -0.138. The molecule has 1 aliphatic carbocycles. The normalized spacial score (nSPS) is 22.2. The van der Waals surface area contributed by atoms with Gasteiger partial charge in [0.15, 0.2) is 5.82 Å². The fraction of sp³-hybridized carbons (Fsp3) is 0.500. The van der Waals surface area contributed by atoms with Gasteiger partial charge in [-0.25, -0.2) is 4.98 Å². The number of alkyl halides is 2. The van der Waals surface area contributed by atoms with E-state index in [4.69, 9.17) is 11.6 Å². The number of hydrogen-bond acceptors (Lipinski definition) is 4. The first-order valence-electron chi connectivity index (χ1n) is 5.46. The van der Waals surface area contributed by atoms with E-state index in [1.807, 2.05) is 0 Å². The minimum Gasteiger partial charge on any atom is -0.345 e. The van der Waals surface area contributed by atoms with Gasteiger partial charge >= 0.3 is 5.92 Å². The van der Waals surface area contributed by atoms with Crippen LogP contribution >= 0.6 is 11.6 Å². The average molecular weight is 275 g/mol. The minimum absolute atomic E-state index is 0.00621. The SMILES string of the molecule is O=C1Nc2cnc(Cl)nc2N(C2CC2)CC1(F)F. The molecule has 0 radical (unpaired) electrons. The molecule has 0 spiro atoms. The fourth-order valence-electron chi connectivity index (χ4n) is 1.92. The summed E-state index contributed by atoms with van der Waals surface area (Å²) in [6.07, 6.45) is 2.87. The van der Waals surface area contributed by atoms with E-state index in [2.05, 4.69) is 15.3 Å². The Morgan fingerprint density at radius 1 is 1.50 bits per heavy atom.